The Bertz CT molecular complexity index is 4330. The molecule has 720 valence electrons. The number of aromatic hydroxyl groups is 2. The lowest BCUT2D eigenvalue weighted by Gasteiger charge is -2.37. The highest BCUT2D eigenvalue weighted by Gasteiger charge is 2.46. The molecule has 0 unspecified atom stereocenters. The zero-order valence-corrected chi connectivity index (χ0v) is 73.7. The molecule has 3 aliphatic rings. The summed E-state index contributed by atoms with van der Waals surface area (Å²) >= 11 is 0. The van der Waals surface area contributed by atoms with Crippen LogP contribution in [0.5, 0.6) is 11.5 Å². The van der Waals surface area contributed by atoms with Gasteiger partial charge in [-0.1, -0.05) is 65.8 Å². The fraction of sp³-hybridized carbons (Fsp3) is 0.610. The highest BCUT2D eigenvalue weighted by Crippen LogP contribution is 2.29. The van der Waals surface area contributed by atoms with Gasteiger partial charge < -0.3 is 132 Å². The van der Waals surface area contributed by atoms with Crippen LogP contribution in [0.15, 0.2) is 48.5 Å². The number of piperidine rings is 1. The van der Waals surface area contributed by atoms with Crippen molar-refractivity contribution in [3.05, 3.63) is 59.7 Å². The lowest BCUT2D eigenvalue weighted by molar-refractivity contribution is -0.144. The number of likely N-dealkylation sites (tertiary alicyclic amines) is 3. The van der Waals surface area contributed by atoms with E-state index in [0.29, 0.717) is 5.56 Å². The molecule has 3 fully saturated rings. The lowest BCUT2D eigenvalue weighted by atomic mass is 9.84. The summed E-state index contributed by atoms with van der Waals surface area (Å²) in [7, 11) is 0. The average molecular weight is 1840 g/mol. The Labute approximate surface area is 749 Å². The molecular weight excluding hydrogens is 1710 g/mol. The zero-order chi connectivity index (χ0) is 97.2. The van der Waals surface area contributed by atoms with Crippen molar-refractivity contribution in [2.75, 3.05) is 85.1 Å². The number of imide groups is 1. The number of guanidine groups is 2. The van der Waals surface area contributed by atoms with Crippen molar-refractivity contribution < 1.29 is 127 Å². The van der Waals surface area contributed by atoms with Crippen molar-refractivity contribution in [2.24, 2.45) is 39.7 Å². The number of primary amides is 1. The number of carboxylic acids is 5. The van der Waals surface area contributed by atoms with E-state index in [4.69, 9.17) is 33.8 Å². The number of unbranched alkanes of at least 4 members (excludes halogenated alkanes) is 1. The van der Waals surface area contributed by atoms with Crippen molar-refractivity contribution in [2.45, 2.75) is 217 Å². The molecule has 2 aromatic rings. The smallest absolute Gasteiger partial charge is 0.415 e. The predicted molar refractivity (Wildman–Crippen MR) is 461 cm³/mol. The van der Waals surface area contributed by atoms with Gasteiger partial charge in [-0.05, 0) is 142 Å². The van der Waals surface area contributed by atoms with Gasteiger partial charge >= 0.3 is 42.0 Å². The molecule has 130 heavy (non-hydrogen) atoms. The minimum Gasteiger partial charge on any atom is -0.508 e. The van der Waals surface area contributed by atoms with Gasteiger partial charge in [-0.15, -0.1) is 0 Å². The molecule has 0 bridgehead atoms. The van der Waals surface area contributed by atoms with E-state index >= 15 is 19.2 Å². The molecule has 3 heterocycles. The Kier molecular flexibility index (Phi) is 42.1. The van der Waals surface area contributed by atoms with Gasteiger partial charge in [0, 0.05) is 78.2 Å². The SMILES string of the molecule is CC(C)(C)C[C@H](NC(=O)[C@@H](NC(=O)[C@H](Cc1ccc(O)cc1)NC(=O)[C@@H]1CCCN1C(=O)[C@H](CCCNC(=N)N)NC(=O)[C@@H](NC(=O)[C@@H]1CCCN1C(=O)[C@H](CCCCN)NC(=O)[C@H](CC(N)=O)NC(=O)[C@H](CCC(=O)O)NC(=O)[C@@H](Cc1ccc(O)cc1)NC(=O)N(CCN(CCN(CC(=O)O)CC(=O)O)CC(=O)O)C(=O)O)C1CCN(C(=N)N)CC1)C(C)(C)C)C(=O)O. The molecule has 48 heteroatoms. The number of urea groups is 1. The van der Waals surface area contributed by atoms with Crippen molar-refractivity contribution in [3.63, 3.8) is 0 Å². The van der Waals surface area contributed by atoms with Crippen LogP contribution in [0.4, 0.5) is 9.59 Å². The number of carbonyl (C=O) groups is 18. The van der Waals surface area contributed by atoms with E-state index in [0.717, 1.165) is 14.7 Å². The number of nitrogens with two attached hydrogens (primary N) is 4. The third-order valence-electron chi connectivity index (χ3n) is 21.9. The monoisotopic (exact) mass is 1830 g/mol. The molecule has 0 spiro atoms. The number of phenolic OH excluding ortho intramolecular Hbond substituents is 2. The molecule has 14 amide bonds. The van der Waals surface area contributed by atoms with Gasteiger partial charge in [0.2, 0.25) is 65.0 Å². The number of nitrogens with zero attached hydrogens (tertiary/aromatic N) is 6. The summed E-state index contributed by atoms with van der Waals surface area (Å²) in [5.74, 6) is -20.2. The number of rotatable bonds is 51. The van der Waals surface area contributed by atoms with Crippen LogP contribution in [0, 0.1) is 27.6 Å². The Balaban J connectivity index is 1.44. The summed E-state index contributed by atoms with van der Waals surface area (Å²) in [4.78, 5) is 254. The Hall–Kier alpha value is -13.3. The number of carboxylic acid groups (broad SMARTS) is 6. The molecule has 0 aliphatic carbocycles. The quantitative estimate of drug-likeness (QED) is 0.0170. The standard InChI is InChI=1S/C82H126N22O26/c1-81(2,3)41-56(76(126)127)95-73(123)65(82(4,5)6)98-69(119)53(38-45-16-20-48(105)21-17-45)94-70(120)57-14-10-30-102(57)75(125)52(13-9-29-89-77(85)86)92-72(122)64(47-26-32-101(33-27-47)78(87)88)97-71(121)58-15-11-31-103(58)74(124)51(12-7-8-28-83)91-68(118)55(40-59(84)107)93-66(116)50(24-25-60(108)109)90-67(117)54(39-46-18-22-49(106)23-19-46)96-79(128)104(80(129)130)37-36-99(42-61(110)111)34-35-100(43-62(112)113)44-63(114)115/h16-23,47,50-58,64-65,105-106H,7-15,24-44,83H2,1-6H3,(H2,84,107)(H3,87,88)(H,90,117)(H,91,118)(H,92,122)(H,93,116)(H,94,120)(H,95,123)(H,96,128)(H,97,121)(H,98,119)(H,108,109)(H,110,111)(H,112,113)(H,114,115)(H,126,127)(H,129,130)(H4,85,86,89)/t50-,51-,52-,53-,54+,55-,56-,57-,58-,64-,65+/m0/s1. The Morgan fingerprint density at radius 1 is 0.477 bits per heavy atom. The number of hydrogen-bond acceptors (Lipinski definition) is 25. The normalized spacial score (nSPS) is 16.7. The minimum atomic E-state index is -2.04. The molecule has 2 aromatic carbocycles. The van der Waals surface area contributed by atoms with Gasteiger partial charge in [-0.3, -0.25) is 92.5 Å². The first-order chi connectivity index (χ1) is 60.9. The minimum absolute atomic E-state index is 0.00247. The number of aliphatic carboxylic acids is 5. The Morgan fingerprint density at radius 2 is 0.923 bits per heavy atom. The second-order valence-electron chi connectivity index (χ2n) is 34.6. The van der Waals surface area contributed by atoms with Crippen LogP contribution in [0.2, 0.25) is 0 Å². The molecule has 3 saturated heterocycles. The van der Waals surface area contributed by atoms with E-state index in [9.17, 15) is 108 Å². The molecule has 3 aliphatic heterocycles. The summed E-state index contributed by atoms with van der Waals surface area (Å²) in [5, 5.41) is 120. The Morgan fingerprint density at radius 3 is 1.39 bits per heavy atom. The predicted octanol–water partition coefficient (Wildman–Crippen LogP) is -4.04. The average Bonchev–Trinajstić information content (AvgIpc) is 1.61. The third-order valence-corrected chi connectivity index (χ3v) is 21.9. The first-order valence-corrected chi connectivity index (χ1v) is 42.6. The van der Waals surface area contributed by atoms with Gasteiger partial charge in [0.1, 0.15) is 78.0 Å². The van der Waals surface area contributed by atoms with E-state index in [-0.39, 0.29) is 164 Å². The number of hydrogen-bond donors (Lipinski definition) is 24. The van der Waals surface area contributed by atoms with E-state index in [1.54, 1.807) is 41.5 Å². The number of carbonyl (C=O) groups excluding carboxylic acids is 12. The molecule has 0 saturated carbocycles. The van der Waals surface area contributed by atoms with Gasteiger partial charge in [0.15, 0.2) is 11.9 Å². The summed E-state index contributed by atoms with van der Waals surface area (Å²) < 4.78 is 0. The van der Waals surface area contributed by atoms with E-state index < -0.39 is 255 Å². The second-order valence-corrected chi connectivity index (χ2v) is 34.6. The number of nitrogens with one attached hydrogen (secondary N) is 12. The van der Waals surface area contributed by atoms with Crippen LogP contribution < -0.4 is 76.1 Å². The van der Waals surface area contributed by atoms with Crippen LogP contribution >= 0.6 is 0 Å². The highest BCUT2D eigenvalue weighted by atomic mass is 16.4. The zero-order valence-electron chi connectivity index (χ0n) is 73.7. The number of benzene rings is 2. The lowest BCUT2D eigenvalue weighted by Crippen LogP contribution is -2.62. The topological polar surface area (TPSA) is 761 Å². The molecule has 5 rings (SSSR count). The molecule has 28 N–H and O–H groups in total. The third kappa shape index (κ3) is 36.1. The van der Waals surface area contributed by atoms with Gasteiger partial charge in [-0.2, -0.15) is 0 Å². The molecular formula is C82H126N22O26. The van der Waals surface area contributed by atoms with Crippen molar-refractivity contribution >= 4 is 119 Å². The molecule has 48 nitrogen and oxygen atoms in total. The number of amides is 14. The van der Waals surface area contributed by atoms with Crippen molar-refractivity contribution in [3.8, 4) is 11.5 Å². The van der Waals surface area contributed by atoms with Gasteiger partial charge in [-0.25, -0.2) is 19.3 Å². The fourth-order valence-electron chi connectivity index (χ4n) is 15.2. The summed E-state index contributed by atoms with van der Waals surface area (Å²) in [5.41, 5.74) is 22.0. The van der Waals surface area contributed by atoms with Crippen LogP contribution in [0.1, 0.15) is 149 Å². The van der Waals surface area contributed by atoms with Crippen LogP contribution in [0.3, 0.4) is 0 Å². The van der Waals surface area contributed by atoms with Gasteiger partial charge in [0.05, 0.1) is 26.1 Å². The molecule has 11 atom stereocenters. The summed E-state index contributed by atoms with van der Waals surface area (Å²) in [6.07, 6.45) is -4.76. The maximum absolute atomic E-state index is 15.4. The van der Waals surface area contributed by atoms with E-state index in [1.807, 2.05) is 0 Å². The van der Waals surface area contributed by atoms with Crippen LogP contribution in [-0.2, 0) is 89.6 Å². The van der Waals surface area contributed by atoms with E-state index in [2.05, 4.69) is 53.2 Å². The first kappa shape index (κ1) is 107. The van der Waals surface area contributed by atoms with Crippen molar-refractivity contribution in [1.29, 1.82) is 10.8 Å². The van der Waals surface area contributed by atoms with E-state index in [1.165, 1.54) is 58.3 Å². The molecule has 0 aromatic heterocycles. The maximum Gasteiger partial charge on any atom is 0.415 e. The molecule has 0 radical (unpaired) electrons. The fourth-order valence-corrected chi connectivity index (χ4v) is 15.2. The first-order valence-electron chi connectivity index (χ1n) is 42.6. The summed E-state index contributed by atoms with van der Waals surface area (Å²) in [6, 6.07) is -8.41. The van der Waals surface area contributed by atoms with Crippen LogP contribution in [-0.4, -0.2) is 341 Å². The largest absolute Gasteiger partial charge is 0.508 e. The summed E-state index contributed by atoms with van der Waals surface area (Å²) in [6.45, 7) is 5.84. The van der Waals surface area contributed by atoms with Gasteiger partial charge in [0.25, 0.3) is 0 Å². The number of phenols is 2. The maximum atomic E-state index is 15.4. The van der Waals surface area contributed by atoms with Crippen molar-refractivity contribution in [1.82, 2.24) is 82.6 Å². The highest BCUT2D eigenvalue weighted by molar-refractivity contribution is 6.01. The second kappa shape index (κ2) is 51.1. The van der Waals surface area contributed by atoms with Crippen LogP contribution in [0.25, 0.3) is 0 Å².